The number of benzene rings is 1. The molecule has 1 amide bonds. The van der Waals surface area contributed by atoms with Gasteiger partial charge in [0.15, 0.2) is 0 Å². The Morgan fingerprint density at radius 3 is 2.61 bits per heavy atom. The molecule has 0 fully saturated rings. The van der Waals surface area contributed by atoms with Crippen molar-refractivity contribution in [2.75, 3.05) is 5.32 Å². The fourth-order valence-corrected chi connectivity index (χ4v) is 2.86. The first-order valence-electron chi connectivity index (χ1n) is 7.23. The summed E-state index contributed by atoms with van der Waals surface area (Å²) in [4.78, 5) is 25.2. The van der Waals surface area contributed by atoms with Gasteiger partial charge in [-0.15, -0.1) is 11.3 Å². The maximum Gasteiger partial charge on any atom is 0.274 e. The fourth-order valence-electron chi connectivity index (χ4n) is 2.24. The fraction of sp³-hybridized carbons (Fsp3) is 0.111. The maximum atomic E-state index is 12.5. The minimum absolute atomic E-state index is 0.210. The summed E-state index contributed by atoms with van der Waals surface area (Å²) >= 11 is 1.34. The molecule has 0 saturated carbocycles. The van der Waals surface area contributed by atoms with Crippen molar-refractivity contribution in [2.24, 2.45) is 0 Å². The number of hydrogen-bond acceptors (Lipinski definition) is 3. The molecule has 0 bridgehead atoms. The van der Waals surface area contributed by atoms with Crippen LogP contribution >= 0.6 is 11.3 Å². The van der Waals surface area contributed by atoms with Crippen LogP contribution in [0.5, 0.6) is 0 Å². The average Bonchev–Trinajstić information content (AvgIpc) is 3.08. The molecule has 0 radical (unpaired) electrons. The summed E-state index contributed by atoms with van der Waals surface area (Å²) in [6.07, 6.45) is 1.73. The number of aryl methyl sites for hydroxylation is 1. The summed E-state index contributed by atoms with van der Waals surface area (Å²) in [5, 5.41) is 4.51. The molecular weight excluding hydrogens is 308 g/mol. The number of rotatable bonds is 4. The summed E-state index contributed by atoms with van der Waals surface area (Å²) in [6.45, 7) is 2.50. The molecule has 0 saturated heterocycles. The highest BCUT2D eigenvalue weighted by molar-refractivity contribution is 7.12. The zero-order valence-electron chi connectivity index (χ0n) is 12.7. The van der Waals surface area contributed by atoms with Crippen molar-refractivity contribution >= 4 is 22.9 Å². The van der Waals surface area contributed by atoms with E-state index < -0.39 is 0 Å². The van der Waals surface area contributed by atoms with Crippen LogP contribution in [0.4, 0.5) is 5.69 Å². The lowest BCUT2D eigenvalue weighted by Gasteiger charge is -2.09. The molecule has 0 aliphatic heterocycles. The number of anilines is 1. The molecule has 1 aromatic carbocycles. The van der Waals surface area contributed by atoms with Gasteiger partial charge in [0.25, 0.3) is 11.5 Å². The standard InChI is InChI=1S/C18H16N2O2S/c1-13-6-8-14(9-7-13)12-20-10-2-4-15(18(20)22)19-17(21)16-5-3-11-23-16/h2-11H,12H2,1H3,(H,19,21). The number of nitrogens with zero attached hydrogens (tertiary/aromatic N) is 1. The van der Waals surface area contributed by atoms with Crippen molar-refractivity contribution in [3.63, 3.8) is 0 Å². The van der Waals surface area contributed by atoms with Crippen LogP contribution in [0.3, 0.4) is 0 Å². The number of hydrogen-bond donors (Lipinski definition) is 1. The van der Waals surface area contributed by atoms with Crippen molar-refractivity contribution in [1.29, 1.82) is 0 Å². The summed E-state index contributed by atoms with van der Waals surface area (Å²) in [5.74, 6) is -0.259. The number of nitrogens with one attached hydrogen (secondary N) is 1. The number of pyridine rings is 1. The van der Waals surface area contributed by atoms with E-state index in [1.165, 1.54) is 16.9 Å². The first-order valence-corrected chi connectivity index (χ1v) is 8.11. The highest BCUT2D eigenvalue weighted by Gasteiger charge is 2.10. The van der Waals surface area contributed by atoms with Gasteiger partial charge in [-0.25, -0.2) is 0 Å². The zero-order valence-corrected chi connectivity index (χ0v) is 13.5. The van der Waals surface area contributed by atoms with Gasteiger partial charge in [0.05, 0.1) is 11.4 Å². The summed E-state index contributed by atoms with van der Waals surface area (Å²) < 4.78 is 1.59. The normalized spacial score (nSPS) is 10.5. The number of aromatic nitrogens is 1. The van der Waals surface area contributed by atoms with Crippen LogP contribution < -0.4 is 10.9 Å². The van der Waals surface area contributed by atoms with Gasteiger partial charge in [-0.2, -0.15) is 0 Å². The number of carbonyl (C=O) groups is 1. The quantitative estimate of drug-likeness (QED) is 0.798. The topological polar surface area (TPSA) is 51.1 Å². The molecular formula is C18H16N2O2S. The van der Waals surface area contributed by atoms with Crippen LogP contribution in [-0.2, 0) is 6.54 Å². The van der Waals surface area contributed by atoms with E-state index >= 15 is 0 Å². The third-order valence-electron chi connectivity index (χ3n) is 3.49. The second-order valence-corrected chi connectivity index (χ2v) is 6.22. The van der Waals surface area contributed by atoms with E-state index in [0.29, 0.717) is 11.4 Å². The predicted molar refractivity (Wildman–Crippen MR) is 93.3 cm³/mol. The van der Waals surface area contributed by atoms with Crippen LogP contribution in [0, 0.1) is 6.92 Å². The van der Waals surface area contributed by atoms with E-state index in [4.69, 9.17) is 0 Å². The summed E-state index contributed by atoms with van der Waals surface area (Å²) in [6, 6.07) is 15.0. The zero-order chi connectivity index (χ0) is 16.2. The first kappa shape index (κ1) is 15.2. The molecule has 116 valence electrons. The van der Waals surface area contributed by atoms with Crippen molar-refractivity contribution in [3.8, 4) is 0 Å². The molecule has 3 aromatic rings. The molecule has 0 atom stereocenters. The third-order valence-corrected chi connectivity index (χ3v) is 4.36. The largest absolute Gasteiger partial charge is 0.317 e. The van der Waals surface area contributed by atoms with E-state index in [9.17, 15) is 9.59 Å². The average molecular weight is 324 g/mol. The Kier molecular flexibility index (Phi) is 4.39. The van der Waals surface area contributed by atoms with Crippen LogP contribution in [-0.4, -0.2) is 10.5 Å². The smallest absolute Gasteiger partial charge is 0.274 e. The van der Waals surface area contributed by atoms with E-state index in [1.807, 2.05) is 36.6 Å². The lowest BCUT2D eigenvalue weighted by Crippen LogP contribution is -2.25. The minimum Gasteiger partial charge on any atom is -0.317 e. The highest BCUT2D eigenvalue weighted by atomic mass is 32.1. The van der Waals surface area contributed by atoms with Gasteiger partial charge in [-0.05, 0) is 36.1 Å². The van der Waals surface area contributed by atoms with Gasteiger partial charge in [0, 0.05) is 6.20 Å². The van der Waals surface area contributed by atoms with E-state index in [2.05, 4.69) is 5.32 Å². The number of carbonyl (C=O) groups excluding carboxylic acids is 1. The molecule has 3 rings (SSSR count). The molecule has 23 heavy (non-hydrogen) atoms. The van der Waals surface area contributed by atoms with Gasteiger partial charge in [-0.1, -0.05) is 35.9 Å². The van der Waals surface area contributed by atoms with E-state index in [-0.39, 0.29) is 17.2 Å². The Hall–Kier alpha value is -2.66. The van der Waals surface area contributed by atoms with Gasteiger partial charge in [0.1, 0.15) is 5.69 Å². The Balaban J connectivity index is 1.82. The van der Waals surface area contributed by atoms with E-state index in [1.54, 1.807) is 35.0 Å². The van der Waals surface area contributed by atoms with Crippen molar-refractivity contribution in [2.45, 2.75) is 13.5 Å². The van der Waals surface area contributed by atoms with Crippen molar-refractivity contribution in [1.82, 2.24) is 4.57 Å². The SMILES string of the molecule is Cc1ccc(Cn2cccc(NC(=O)c3cccs3)c2=O)cc1. The second kappa shape index (κ2) is 6.62. The van der Waals surface area contributed by atoms with Crippen LogP contribution in [0.1, 0.15) is 20.8 Å². The molecule has 1 N–H and O–H groups in total. The summed E-state index contributed by atoms with van der Waals surface area (Å²) in [7, 11) is 0. The maximum absolute atomic E-state index is 12.5. The Morgan fingerprint density at radius 1 is 1.13 bits per heavy atom. The molecule has 4 nitrogen and oxygen atoms in total. The monoisotopic (exact) mass is 324 g/mol. The van der Waals surface area contributed by atoms with E-state index in [0.717, 1.165) is 5.56 Å². The Morgan fingerprint density at radius 2 is 1.91 bits per heavy atom. The summed E-state index contributed by atoms with van der Waals surface area (Å²) in [5.41, 5.74) is 2.30. The Labute approximate surface area is 138 Å². The Bertz CT molecular complexity index is 865. The number of thiophene rings is 1. The van der Waals surface area contributed by atoms with Crippen LogP contribution in [0.2, 0.25) is 0 Å². The van der Waals surface area contributed by atoms with Gasteiger partial charge >= 0.3 is 0 Å². The van der Waals surface area contributed by atoms with Crippen molar-refractivity contribution < 1.29 is 4.79 Å². The van der Waals surface area contributed by atoms with Crippen LogP contribution in [0.15, 0.2) is 64.9 Å². The lowest BCUT2D eigenvalue weighted by molar-refractivity contribution is 0.103. The minimum atomic E-state index is -0.259. The molecule has 5 heteroatoms. The molecule has 0 aliphatic rings. The van der Waals surface area contributed by atoms with Gasteiger partial charge in [0.2, 0.25) is 0 Å². The lowest BCUT2D eigenvalue weighted by atomic mass is 10.1. The van der Waals surface area contributed by atoms with Crippen molar-refractivity contribution in [3.05, 3.63) is 86.5 Å². The van der Waals surface area contributed by atoms with Crippen LogP contribution in [0.25, 0.3) is 0 Å². The van der Waals surface area contributed by atoms with Gasteiger partial charge in [-0.3, -0.25) is 9.59 Å². The number of amides is 1. The predicted octanol–water partition coefficient (Wildman–Crippen LogP) is 3.52. The third kappa shape index (κ3) is 3.57. The molecule has 2 heterocycles. The highest BCUT2D eigenvalue weighted by Crippen LogP contribution is 2.11. The van der Waals surface area contributed by atoms with Gasteiger partial charge < -0.3 is 9.88 Å². The molecule has 0 aliphatic carbocycles. The first-order chi connectivity index (χ1) is 11.1. The molecule has 0 unspecified atom stereocenters. The molecule has 0 spiro atoms. The second-order valence-electron chi connectivity index (χ2n) is 5.27. The molecule has 2 aromatic heterocycles.